The van der Waals surface area contributed by atoms with Gasteiger partial charge in [0.2, 0.25) is 0 Å². The summed E-state index contributed by atoms with van der Waals surface area (Å²) in [6.45, 7) is 7.67. The Labute approximate surface area is 134 Å². The molecule has 1 aromatic carbocycles. The van der Waals surface area contributed by atoms with E-state index in [1.165, 1.54) is 0 Å². The number of nitrogens with two attached hydrogens (primary N) is 1. The third kappa shape index (κ3) is 5.53. The number of ether oxygens (including phenoxy) is 1. The lowest BCUT2D eigenvalue weighted by Gasteiger charge is -2.15. The zero-order valence-electron chi connectivity index (χ0n) is 11.6. The van der Waals surface area contributed by atoms with Gasteiger partial charge in [0, 0.05) is 4.47 Å². The number of carbonyl (C=O) groups is 1. The molecule has 3 N–H and O–H groups in total. The van der Waals surface area contributed by atoms with E-state index in [1.54, 1.807) is 19.1 Å². The Kier molecular flexibility index (Phi) is 8.53. The molecule has 0 aliphatic rings. The number of amides is 1. The van der Waals surface area contributed by atoms with Gasteiger partial charge in [-0.3, -0.25) is 4.79 Å². The van der Waals surface area contributed by atoms with Gasteiger partial charge in [0.15, 0.2) is 0 Å². The summed E-state index contributed by atoms with van der Waals surface area (Å²) in [7, 11) is 0. The van der Waals surface area contributed by atoms with Gasteiger partial charge >= 0.3 is 0 Å². The fourth-order valence-corrected chi connectivity index (χ4v) is 2.07. The van der Waals surface area contributed by atoms with Crippen LogP contribution in [0.5, 0.6) is 0 Å². The van der Waals surface area contributed by atoms with Crippen LogP contribution in [0.2, 0.25) is 0 Å². The molecule has 0 aliphatic heterocycles. The number of rotatable bonds is 6. The minimum atomic E-state index is -0.529. The summed E-state index contributed by atoms with van der Waals surface area (Å²) in [6, 6.07) is 3.67. The monoisotopic (exact) mass is 362 g/mol. The molecule has 0 fully saturated rings. The minimum absolute atomic E-state index is 0. The van der Waals surface area contributed by atoms with Gasteiger partial charge in [-0.15, -0.1) is 19.0 Å². The number of nitrogens with one attached hydrogen (secondary N) is 1. The van der Waals surface area contributed by atoms with Crippen molar-refractivity contribution in [3.63, 3.8) is 0 Å². The average Bonchev–Trinajstić information content (AvgIpc) is 2.35. The second kappa shape index (κ2) is 9.00. The number of anilines is 2. The highest BCUT2D eigenvalue weighted by Gasteiger charge is 2.15. The van der Waals surface area contributed by atoms with E-state index in [-0.39, 0.29) is 18.3 Å². The summed E-state index contributed by atoms with van der Waals surface area (Å²) < 4.78 is 6.25. The van der Waals surface area contributed by atoms with E-state index in [9.17, 15) is 4.79 Å². The second-order valence-electron chi connectivity index (χ2n) is 4.26. The van der Waals surface area contributed by atoms with Gasteiger partial charge in [-0.05, 0) is 38.0 Å². The van der Waals surface area contributed by atoms with Gasteiger partial charge in [-0.25, -0.2) is 0 Å². The highest BCUT2D eigenvalue weighted by Crippen LogP contribution is 2.27. The lowest BCUT2D eigenvalue weighted by atomic mass is 10.1. The fraction of sp³-hybridized carbons (Fsp3) is 0.357. The molecular weight excluding hydrogens is 344 g/mol. The normalized spacial score (nSPS) is 11.3. The van der Waals surface area contributed by atoms with Gasteiger partial charge in [-0.2, -0.15) is 0 Å². The van der Waals surface area contributed by atoms with Crippen LogP contribution in [0.4, 0.5) is 11.4 Å². The van der Waals surface area contributed by atoms with Crippen LogP contribution in [0.25, 0.3) is 0 Å². The van der Waals surface area contributed by atoms with E-state index in [1.807, 2.05) is 13.0 Å². The first kappa shape index (κ1) is 19.0. The number of benzene rings is 1. The Balaban J connectivity index is 0.00000361. The zero-order chi connectivity index (χ0) is 14.4. The highest BCUT2D eigenvalue weighted by atomic mass is 79.9. The van der Waals surface area contributed by atoms with Crippen molar-refractivity contribution in [2.45, 2.75) is 26.4 Å². The number of carbonyl (C=O) groups excluding carboxylic acids is 1. The van der Waals surface area contributed by atoms with Crippen LogP contribution in [0.1, 0.15) is 18.9 Å². The number of hydrogen-bond donors (Lipinski definition) is 2. The molecule has 112 valence electrons. The first-order valence-electron chi connectivity index (χ1n) is 6.04. The number of aryl methyl sites for hydroxylation is 1. The molecule has 0 heterocycles. The molecule has 0 spiro atoms. The SMILES string of the molecule is C=CCCOC(C)C(=O)Nc1cc(Br)cc(C)c1N.Cl. The molecule has 1 aromatic rings. The Morgan fingerprint density at radius 2 is 2.25 bits per heavy atom. The molecular formula is C14H20BrClN2O2. The molecule has 4 nitrogen and oxygen atoms in total. The van der Waals surface area contributed by atoms with Crippen molar-refractivity contribution in [1.82, 2.24) is 0 Å². The number of hydrogen-bond acceptors (Lipinski definition) is 3. The Morgan fingerprint density at radius 1 is 1.60 bits per heavy atom. The number of halogens is 2. The van der Waals surface area contributed by atoms with Crippen molar-refractivity contribution in [2.75, 3.05) is 17.7 Å². The summed E-state index contributed by atoms with van der Waals surface area (Å²) in [5, 5.41) is 2.77. The molecule has 0 saturated heterocycles. The summed E-state index contributed by atoms with van der Waals surface area (Å²) in [4.78, 5) is 11.9. The molecule has 1 amide bonds. The maximum Gasteiger partial charge on any atom is 0.253 e. The van der Waals surface area contributed by atoms with E-state index in [0.717, 1.165) is 16.5 Å². The van der Waals surface area contributed by atoms with Crippen molar-refractivity contribution in [3.05, 3.63) is 34.8 Å². The molecule has 0 radical (unpaired) electrons. The zero-order valence-corrected chi connectivity index (χ0v) is 14.0. The minimum Gasteiger partial charge on any atom is -0.397 e. The van der Waals surface area contributed by atoms with Gasteiger partial charge in [0.1, 0.15) is 6.10 Å². The predicted molar refractivity (Wildman–Crippen MR) is 89.4 cm³/mol. The molecule has 20 heavy (non-hydrogen) atoms. The highest BCUT2D eigenvalue weighted by molar-refractivity contribution is 9.10. The first-order chi connectivity index (χ1) is 8.95. The standard InChI is InChI=1S/C14H19BrN2O2.ClH/c1-4-5-6-19-10(3)14(18)17-12-8-11(15)7-9(2)13(12)16;/h4,7-8,10H,1,5-6,16H2,2-3H3,(H,17,18);1H. The van der Waals surface area contributed by atoms with E-state index in [0.29, 0.717) is 18.0 Å². The van der Waals surface area contributed by atoms with E-state index in [2.05, 4.69) is 27.8 Å². The molecule has 1 atom stereocenters. The summed E-state index contributed by atoms with van der Waals surface area (Å²) in [6.07, 6.45) is 1.94. The van der Waals surface area contributed by atoms with Gasteiger partial charge in [0.05, 0.1) is 18.0 Å². The summed E-state index contributed by atoms with van der Waals surface area (Å²) in [5.74, 6) is -0.215. The van der Waals surface area contributed by atoms with Crippen LogP contribution >= 0.6 is 28.3 Å². The third-order valence-electron chi connectivity index (χ3n) is 2.67. The average molecular weight is 364 g/mol. The quantitative estimate of drug-likeness (QED) is 0.460. The Bertz CT molecular complexity index is 480. The van der Waals surface area contributed by atoms with Crippen LogP contribution in [0.15, 0.2) is 29.3 Å². The van der Waals surface area contributed by atoms with Crippen LogP contribution < -0.4 is 11.1 Å². The van der Waals surface area contributed by atoms with Crippen LogP contribution in [0, 0.1) is 6.92 Å². The molecule has 0 aromatic heterocycles. The van der Waals surface area contributed by atoms with Crippen molar-refractivity contribution >= 4 is 45.6 Å². The van der Waals surface area contributed by atoms with Crippen molar-refractivity contribution in [3.8, 4) is 0 Å². The predicted octanol–water partition coefficient (Wildman–Crippen LogP) is 3.68. The molecule has 1 unspecified atom stereocenters. The topological polar surface area (TPSA) is 64.3 Å². The van der Waals surface area contributed by atoms with Crippen LogP contribution in [-0.2, 0) is 9.53 Å². The molecule has 1 rings (SSSR count). The van der Waals surface area contributed by atoms with Crippen LogP contribution in [-0.4, -0.2) is 18.6 Å². The number of nitrogen functional groups attached to an aromatic ring is 1. The largest absolute Gasteiger partial charge is 0.397 e. The lowest BCUT2D eigenvalue weighted by Crippen LogP contribution is -2.28. The molecule has 0 saturated carbocycles. The van der Waals surface area contributed by atoms with E-state index >= 15 is 0 Å². The molecule has 6 heteroatoms. The van der Waals surface area contributed by atoms with Gasteiger partial charge in [0.25, 0.3) is 5.91 Å². The van der Waals surface area contributed by atoms with E-state index in [4.69, 9.17) is 10.5 Å². The summed E-state index contributed by atoms with van der Waals surface area (Å²) in [5.41, 5.74) is 8.00. The fourth-order valence-electron chi connectivity index (χ4n) is 1.50. The molecule has 0 bridgehead atoms. The smallest absolute Gasteiger partial charge is 0.253 e. The van der Waals surface area contributed by atoms with Crippen molar-refractivity contribution in [1.29, 1.82) is 0 Å². The molecule has 0 aliphatic carbocycles. The van der Waals surface area contributed by atoms with Crippen LogP contribution in [0.3, 0.4) is 0 Å². The summed E-state index contributed by atoms with van der Waals surface area (Å²) >= 11 is 3.38. The van der Waals surface area contributed by atoms with Gasteiger partial charge < -0.3 is 15.8 Å². The maximum absolute atomic E-state index is 11.9. The lowest BCUT2D eigenvalue weighted by molar-refractivity contribution is -0.126. The Morgan fingerprint density at radius 3 is 2.85 bits per heavy atom. The van der Waals surface area contributed by atoms with E-state index < -0.39 is 6.10 Å². The van der Waals surface area contributed by atoms with Crippen molar-refractivity contribution < 1.29 is 9.53 Å². The first-order valence-corrected chi connectivity index (χ1v) is 6.84. The maximum atomic E-state index is 11.9. The van der Waals surface area contributed by atoms with Gasteiger partial charge in [-0.1, -0.05) is 22.0 Å². The second-order valence-corrected chi connectivity index (χ2v) is 5.18. The third-order valence-corrected chi connectivity index (χ3v) is 3.13. The van der Waals surface area contributed by atoms with Crippen molar-refractivity contribution in [2.24, 2.45) is 0 Å². The Hall–Kier alpha value is -1.04.